The first-order valence-electron chi connectivity index (χ1n) is 13.8. The maximum atomic E-state index is 13.6. The van der Waals surface area contributed by atoms with Gasteiger partial charge in [0.25, 0.3) is 5.91 Å². The maximum absolute atomic E-state index is 13.6. The molecule has 3 amide bonds. The highest BCUT2D eigenvalue weighted by Crippen LogP contribution is 2.38. The number of likely N-dealkylation sites (N-methyl/N-ethyl adjacent to an activating group) is 1. The Hall–Kier alpha value is -3.50. The van der Waals surface area contributed by atoms with Crippen LogP contribution in [-0.4, -0.2) is 87.6 Å². The van der Waals surface area contributed by atoms with Crippen LogP contribution in [-0.2, 0) is 11.2 Å². The molecule has 0 spiro atoms. The van der Waals surface area contributed by atoms with Gasteiger partial charge in [-0.25, -0.2) is 4.79 Å². The molecule has 1 aliphatic heterocycles. The summed E-state index contributed by atoms with van der Waals surface area (Å²) in [4.78, 5) is 41.8. The van der Waals surface area contributed by atoms with Gasteiger partial charge in [0.2, 0.25) is 0 Å². The van der Waals surface area contributed by atoms with Gasteiger partial charge in [0.15, 0.2) is 0 Å². The number of hydrogen-bond donors (Lipinski definition) is 3. The highest BCUT2D eigenvalue weighted by Gasteiger charge is 2.56. The molecule has 8 nitrogen and oxygen atoms in total. The van der Waals surface area contributed by atoms with Crippen LogP contribution in [0, 0.1) is 0 Å². The van der Waals surface area contributed by atoms with E-state index in [1.807, 2.05) is 73.7 Å². The second-order valence-electron chi connectivity index (χ2n) is 10.8. The van der Waals surface area contributed by atoms with Crippen LogP contribution in [0.4, 0.5) is 4.79 Å². The van der Waals surface area contributed by atoms with Crippen molar-refractivity contribution in [1.82, 2.24) is 10.2 Å². The molecule has 1 fully saturated rings. The standard InChI is InChI=1S/C32H37N3O5S/c1-23-18-27(41-26-16-10-5-11-17-26)22-35(23,32(39)40)30(37)21-34(2)20-29(36)28(19-24-12-6-3-7-13-24)33-31(38)25-14-8-4-9-15-25/h3-17,23,27-29,36H,18-22H2,1-2H3,(H-,33,38,39,40)/p+1/t23?,27-,28?,29?,35?/m0/s1. The van der Waals surface area contributed by atoms with Crippen molar-refractivity contribution in [2.45, 2.75) is 48.1 Å². The van der Waals surface area contributed by atoms with Crippen LogP contribution < -0.4 is 5.32 Å². The number of nitrogens with zero attached hydrogens (tertiary/aromatic N) is 2. The molecule has 4 unspecified atom stereocenters. The zero-order valence-electron chi connectivity index (χ0n) is 23.4. The van der Waals surface area contributed by atoms with Crippen LogP contribution in [0.1, 0.15) is 29.3 Å². The highest BCUT2D eigenvalue weighted by molar-refractivity contribution is 8.00. The average molecular weight is 577 g/mol. The molecular formula is C32H38N3O5S+. The van der Waals surface area contributed by atoms with Gasteiger partial charge in [-0.3, -0.25) is 9.69 Å². The summed E-state index contributed by atoms with van der Waals surface area (Å²) < 4.78 is -0.636. The third-order valence-corrected chi connectivity index (χ3v) is 8.92. The molecule has 1 saturated heterocycles. The SMILES string of the molecule is CC1C[C@H](Sc2ccccc2)C[N+]1(C(=O)O)C(=O)CN(C)CC(O)C(Cc1ccccc1)NC(=O)c1ccccc1. The van der Waals surface area contributed by atoms with Gasteiger partial charge >= 0.3 is 12.0 Å². The molecule has 3 aromatic rings. The molecule has 5 atom stereocenters. The minimum atomic E-state index is -1.15. The van der Waals surface area contributed by atoms with E-state index < -0.39 is 28.6 Å². The summed E-state index contributed by atoms with van der Waals surface area (Å²) in [6.45, 7) is 1.96. The molecule has 0 bridgehead atoms. The Morgan fingerprint density at radius 3 is 2.17 bits per heavy atom. The lowest BCUT2D eigenvalue weighted by Crippen LogP contribution is -2.61. The third-order valence-electron chi connectivity index (χ3n) is 7.70. The Labute approximate surface area is 245 Å². The number of hydrogen-bond acceptors (Lipinski definition) is 6. The predicted octanol–water partition coefficient (Wildman–Crippen LogP) is 4.29. The summed E-state index contributed by atoms with van der Waals surface area (Å²) in [6.07, 6.45) is -1.15. The molecule has 4 rings (SSSR count). The first kappa shape index (κ1) is 30.5. The summed E-state index contributed by atoms with van der Waals surface area (Å²) in [6, 6.07) is 27.2. The van der Waals surface area contributed by atoms with Crippen LogP contribution >= 0.6 is 11.8 Å². The second-order valence-corrected chi connectivity index (χ2v) is 12.1. The maximum Gasteiger partial charge on any atom is 0.521 e. The molecule has 3 N–H and O–H groups in total. The van der Waals surface area contributed by atoms with Crippen molar-refractivity contribution in [2.75, 3.05) is 26.7 Å². The van der Waals surface area contributed by atoms with E-state index in [1.54, 1.807) is 48.0 Å². The van der Waals surface area contributed by atoms with Crippen molar-refractivity contribution < 1.29 is 29.1 Å². The van der Waals surface area contributed by atoms with Crippen molar-refractivity contribution in [1.29, 1.82) is 0 Å². The van der Waals surface area contributed by atoms with E-state index in [-0.39, 0.29) is 36.8 Å². The number of benzene rings is 3. The number of aliphatic hydroxyl groups is 1. The predicted molar refractivity (Wildman–Crippen MR) is 160 cm³/mol. The molecular weight excluding hydrogens is 538 g/mol. The van der Waals surface area contributed by atoms with E-state index in [4.69, 9.17) is 0 Å². The summed E-state index contributed by atoms with van der Waals surface area (Å²) in [5.74, 6) is -0.712. The van der Waals surface area contributed by atoms with Crippen molar-refractivity contribution in [2.24, 2.45) is 0 Å². The molecule has 3 aromatic carbocycles. The van der Waals surface area contributed by atoms with E-state index in [1.165, 1.54) is 0 Å². The van der Waals surface area contributed by atoms with Crippen LogP contribution in [0.5, 0.6) is 0 Å². The van der Waals surface area contributed by atoms with Crippen molar-refractivity contribution >= 4 is 29.7 Å². The lowest BCUT2D eigenvalue weighted by molar-refractivity contribution is -0.791. The van der Waals surface area contributed by atoms with Gasteiger partial charge in [-0.1, -0.05) is 66.7 Å². The third kappa shape index (κ3) is 7.62. The monoisotopic (exact) mass is 576 g/mol. The van der Waals surface area contributed by atoms with E-state index in [0.29, 0.717) is 18.4 Å². The Bertz CT molecular complexity index is 1310. The van der Waals surface area contributed by atoms with Crippen molar-refractivity contribution in [3.63, 3.8) is 0 Å². The summed E-state index contributed by atoms with van der Waals surface area (Å²) in [5.41, 5.74) is 1.44. The van der Waals surface area contributed by atoms with Gasteiger partial charge in [-0.15, -0.1) is 11.8 Å². The lowest BCUT2D eigenvalue weighted by Gasteiger charge is -2.32. The molecule has 1 heterocycles. The number of carboxylic acid groups (broad SMARTS) is 1. The number of nitrogens with one attached hydrogen (secondary N) is 1. The normalized spacial score (nSPS) is 21.8. The lowest BCUT2D eigenvalue weighted by atomic mass is 10.00. The second kappa shape index (κ2) is 13.9. The Morgan fingerprint density at radius 1 is 0.976 bits per heavy atom. The fourth-order valence-electron chi connectivity index (χ4n) is 5.49. The van der Waals surface area contributed by atoms with E-state index in [0.717, 1.165) is 10.5 Å². The highest BCUT2D eigenvalue weighted by atomic mass is 32.2. The number of rotatable bonds is 11. The molecule has 0 aliphatic carbocycles. The number of thioether (sulfide) groups is 1. The van der Waals surface area contributed by atoms with Gasteiger partial charge in [0, 0.05) is 23.4 Å². The fourth-order valence-corrected chi connectivity index (χ4v) is 6.88. The van der Waals surface area contributed by atoms with Crippen molar-refractivity contribution in [3.8, 4) is 0 Å². The quantitative estimate of drug-likeness (QED) is 0.292. The minimum Gasteiger partial charge on any atom is -0.435 e. The first-order chi connectivity index (χ1) is 19.7. The minimum absolute atomic E-state index is 0.00759. The van der Waals surface area contributed by atoms with E-state index in [9.17, 15) is 24.6 Å². The average Bonchev–Trinajstić information content (AvgIpc) is 3.30. The Balaban J connectivity index is 1.43. The number of carbonyl (C=O) groups excluding carboxylic acids is 2. The summed E-state index contributed by atoms with van der Waals surface area (Å²) in [7, 11) is 1.69. The van der Waals surface area contributed by atoms with Crippen molar-refractivity contribution in [3.05, 3.63) is 102 Å². The van der Waals surface area contributed by atoms with Gasteiger partial charge in [-0.05, 0) is 50.2 Å². The van der Waals surface area contributed by atoms with Gasteiger partial charge < -0.3 is 15.5 Å². The zero-order valence-corrected chi connectivity index (χ0v) is 24.2. The first-order valence-corrected chi connectivity index (χ1v) is 14.7. The van der Waals surface area contributed by atoms with Gasteiger partial charge in [0.05, 0.1) is 17.4 Å². The number of carbonyl (C=O) groups is 3. The Morgan fingerprint density at radius 2 is 1.56 bits per heavy atom. The van der Waals surface area contributed by atoms with Gasteiger partial charge in [-0.2, -0.15) is 9.28 Å². The smallest absolute Gasteiger partial charge is 0.435 e. The van der Waals surface area contributed by atoms with Gasteiger partial charge in [0.1, 0.15) is 19.1 Å². The molecule has 216 valence electrons. The van der Waals surface area contributed by atoms with E-state index in [2.05, 4.69) is 5.32 Å². The number of likely N-dealkylation sites (tertiary alicyclic amines) is 1. The zero-order chi connectivity index (χ0) is 29.4. The fraction of sp³-hybridized carbons (Fsp3) is 0.344. The van der Waals surface area contributed by atoms with Crippen LogP contribution in [0.25, 0.3) is 0 Å². The molecule has 0 saturated carbocycles. The van der Waals surface area contributed by atoms with E-state index >= 15 is 0 Å². The number of imide groups is 1. The van der Waals surface area contributed by atoms with Crippen LogP contribution in [0.3, 0.4) is 0 Å². The number of quaternary nitrogens is 1. The summed E-state index contributed by atoms with van der Waals surface area (Å²) in [5, 5.41) is 24.5. The number of amides is 3. The largest absolute Gasteiger partial charge is 0.521 e. The molecule has 0 aromatic heterocycles. The number of aliphatic hydroxyl groups excluding tert-OH is 1. The molecule has 0 radical (unpaired) electrons. The molecule has 41 heavy (non-hydrogen) atoms. The Kier molecular flexibility index (Phi) is 10.3. The molecule has 9 heteroatoms. The molecule has 1 aliphatic rings. The van der Waals surface area contributed by atoms with Crippen LogP contribution in [0.2, 0.25) is 0 Å². The van der Waals surface area contributed by atoms with Crippen LogP contribution in [0.15, 0.2) is 95.9 Å². The summed E-state index contributed by atoms with van der Waals surface area (Å²) >= 11 is 1.61. The topological polar surface area (TPSA) is 107 Å².